The molecule has 0 saturated carbocycles. The number of aromatic nitrogens is 2. The fraction of sp³-hybridized carbons (Fsp3) is 0.0741. The molecule has 1 unspecified atom stereocenters. The lowest BCUT2D eigenvalue weighted by Gasteiger charge is -2.22. The van der Waals surface area contributed by atoms with E-state index in [0.29, 0.717) is 12.0 Å². The molecule has 5 heterocycles. The molecule has 5 heteroatoms. The highest BCUT2D eigenvalue weighted by Gasteiger charge is 2.39. The molecule has 0 radical (unpaired) electrons. The Morgan fingerprint density at radius 3 is 2.53 bits per heavy atom. The molecule has 32 heavy (non-hydrogen) atoms. The Morgan fingerprint density at radius 1 is 0.812 bits per heavy atom. The van der Waals surface area contributed by atoms with E-state index in [1.807, 2.05) is 91.1 Å². The molecule has 1 aromatic carbocycles. The summed E-state index contributed by atoms with van der Waals surface area (Å²) >= 11 is 0. The topological polar surface area (TPSA) is 73.4 Å². The first kappa shape index (κ1) is 18.5. The number of carbonyl (C=O) groups excluding carboxylic acids is 1. The quantitative estimate of drug-likeness (QED) is 0.620. The molecule has 2 aromatic heterocycles. The van der Waals surface area contributed by atoms with Crippen molar-refractivity contribution in [3.63, 3.8) is 0 Å². The van der Waals surface area contributed by atoms with Crippen LogP contribution in [0, 0.1) is 0 Å². The summed E-state index contributed by atoms with van der Waals surface area (Å²) < 4.78 is 0. The van der Waals surface area contributed by atoms with Crippen molar-refractivity contribution in [2.75, 3.05) is 0 Å². The van der Waals surface area contributed by atoms with E-state index in [9.17, 15) is 4.79 Å². The monoisotopic (exact) mass is 416 g/mol. The van der Waals surface area contributed by atoms with E-state index in [0.717, 1.165) is 39.2 Å². The molecule has 3 aliphatic rings. The molecule has 8 bridgehead atoms. The van der Waals surface area contributed by atoms with Gasteiger partial charge in [-0.25, -0.2) is 4.99 Å². The fourth-order valence-corrected chi connectivity index (χ4v) is 4.32. The standard InChI is InChI=1S/C27H20N4O/c32-26(18-4-2-1-3-5-18)27-13-12-24(31-27)16-23-9-8-20(29-23)14-19-6-7-21(28-19)15-22-10-11-25(17-27)30-22/h1-16,28,30H,17H2/b19-14-,21-15-,23-16-. The van der Waals surface area contributed by atoms with Crippen LogP contribution < -0.4 is 10.7 Å². The normalized spacial score (nSPS) is 24.6. The second kappa shape index (κ2) is 7.17. The van der Waals surface area contributed by atoms with Crippen molar-refractivity contribution in [1.82, 2.24) is 9.97 Å². The number of aromatic amines is 2. The van der Waals surface area contributed by atoms with Gasteiger partial charge in [-0.2, -0.15) is 0 Å². The van der Waals surface area contributed by atoms with Crippen LogP contribution >= 0.6 is 0 Å². The van der Waals surface area contributed by atoms with E-state index < -0.39 is 5.54 Å². The zero-order valence-electron chi connectivity index (χ0n) is 17.2. The van der Waals surface area contributed by atoms with Gasteiger partial charge in [-0.3, -0.25) is 9.79 Å². The summed E-state index contributed by atoms with van der Waals surface area (Å²) in [5, 5.41) is 1.98. The SMILES string of the molecule is O=C(c1ccccc1)C12C=CC(=N1)/C=C1/C=CC(=N1)/C=c1/cc/c([nH]1)=C/c1ccc([nH]1)C2. The lowest BCUT2D eigenvalue weighted by atomic mass is 9.86. The molecule has 5 nitrogen and oxygen atoms in total. The third kappa shape index (κ3) is 3.34. The Kier molecular flexibility index (Phi) is 4.15. The van der Waals surface area contributed by atoms with Crippen LogP contribution in [0.1, 0.15) is 21.7 Å². The minimum absolute atomic E-state index is 0.0162. The van der Waals surface area contributed by atoms with Crippen LogP contribution in [0.15, 0.2) is 101 Å². The van der Waals surface area contributed by atoms with Gasteiger partial charge in [-0.15, -0.1) is 0 Å². The van der Waals surface area contributed by atoms with E-state index in [2.05, 4.69) is 21.0 Å². The van der Waals surface area contributed by atoms with Crippen LogP contribution in [0.5, 0.6) is 0 Å². The van der Waals surface area contributed by atoms with E-state index >= 15 is 0 Å². The predicted molar refractivity (Wildman–Crippen MR) is 127 cm³/mol. The van der Waals surface area contributed by atoms with Crippen LogP contribution in [-0.4, -0.2) is 32.7 Å². The lowest BCUT2D eigenvalue weighted by Crippen LogP contribution is -2.36. The molecule has 2 N–H and O–H groups in total. The first-order valence-corrected chi connectivity index (χ1v) is 10.6. The van der Waals surface area contributed by atoms with Gasteiger partial charge in [0.25, 0.3) is 0 Å². The third-order valence-electron chi connectivity index (χ3n) is 5.84. The molecule has 154 valence electrons. The Balaban J connectivity index is 1.52. The number of H-pyrrole nitrogens is 2. The van der Waals surface area contributed by atoms with Gasteiger partial charge in [-0.1, -0.05) is 30.3 Å². The number of allylic oxidation sites excluding steroid dienone is 4. The number of hydrogen-bond donors (Lipinski definition) is 2. The number of nitrogens with one attached hydrogen (secondary N) is 2. The molecule has 0 saturated heterocycles. The molecule has 0 spiro atoms. The van der Waals surface area contributed by atoms with Gasteiger partial charge in [0.05, 0.1) is 17.1 Å². The molecule has 0 amide bonds. The number of benzene rings is 1. The van der Waals surface area contributed by atoms with E-state index in [1.54, 1.807) is 0 Å². The van der Waals surface area contributed by atoms with Crippen molar-refractivity contribution in [2.45, 2.75) is 12.0 Å². The van der Waals surface area contributed by atoms with Gasteiger partial charge in [0.1, 0.15) is 5.54 Å². The maximum Gasteiger partial charge on any atom is 0.194 e. The van der Waals surface area contributed by atoms with Gasteiger partial charge in [-0.05, 0) is 66.8 Å². The number of carbonyl (C=O) groups is 1. The van der Waals surface area contributed by atoms with Crippen molar-refractivity contribution in [1.29, 1.82) is 0 Å². The molecule has 1 atom stereocenters. The highest BCUT2D eigenvalue weighted by atomic mass is 16.1. The maximum absolute atomic E-state index is 13.6. The molecular weight excluding hydrogens is 396 g/mol. The number of Topliss-reactive ketones (excluding diaryl/α,β-unsaturated/α-hetero) is 1. The van der Waals surface area contributed by atoms with Crippen molar-refractivity contribution in [2.24, 2.45) is 9.98 Å². The molecule has 0 fully saturated rings. The Hall–Kier alpha value is -4.25. The van der Waals surface area contributed by atoms with E-state index in [1.165, 1.54) is 0 Å². The molecule has 3 aliphatic heterocycles. The number of aliphatic imine (C=N–C) groups is 2. The summed E-state index contributed by atoms with van der Waals surface area (Å²) in [5.41, 5.74) is 4.00. The maximum atomic E-state index is 13.6. The van der Waals surface area contributed by atoms with Gasteiger partial charge >= 0.3 is 0 Å². The minimum atomic E-state index is -0.993. The first-order chi connectivity index (χ1) is 15.6. The van der Waals surface area contributed by atoms with E-state index in [-0.39, 0.29) is 5.78 Å². The number of ketones is 1. The third-order valence-corrected chi connectivity index (χ3v) is 5.84. The fourth-order valence-electron chi connectivity index (χ4n) is 4.32. The molecule has 3 aromatic rings. The van der Waals surface area contributed by atoms with Crippen molar-refractivity contribution in [3.05, 3.63) is 118 Å². The predicted octanol–water partition coefficient (Wildman–Crippen LogP) is 3.04. The van der Waals surface area contributed by atoms with Gasteiger partial charge in [0, 0.05) is 34.1 Å². The highest BCUT2D eigenvalue weighted by Crippen LogP contribution is 2.30. The molecule has 6 rings (SSSR count). The molecule has 0 aliphatic carbocycles. The van der Waals surface area contributed by atoms with Crippen molar-refractivity contribution in [3.8, 4) is 0 Å². The largest absolute Gasteiger partial charge is 0.359 e. The Morgan fingerprint density at radius 2 is 1.66 bits per heavy atom. The Bertz CT molecular complexity index is 1510. The van der Waals surface area contributed by atoms with Crippen LogP contribution in [-0.2, 0) is 6.42 Å². The zero-order chi connectivity index (χ0) is 21.5. The number of rotatable bonds is 2. The highest BCUT2D eigenvalue weighted by molar-refractivity contribution is 6.20. The number of nitrogens with zero attached hydrogens (tertiary/aromatic N) is 2. The average molecular weight is 416 g/mol. The van der Waals surface area contributed by atoms with Crippen LogP contribution in [0.25, 0.3) is 12.2 Å². The Labute approximate surface area is 184 Å². The summed E-state index contributed by atoms with van der Waals surface area (Å²) in [5.74, 6) is -0.0162. The van der Waals surface area contributed by atoms with Gasteiger partial charge in [0.15, 0.2) is 5.78 Å². The summed E-state index contributed by atoms with van der Waals surface area (Å²) in [6, 6.07) is 17.5. The average Bonchev–Trinajstić information content (AvgIpc) is 3.59. The van der Waals surface area contributed by atoms with E-state index in [4.69, 9.17) is 4.99 Å². The first-order valence-electron chi connectivity index (χ1n) is 10.6. The smallest absolute Gasteiger partial charge is 0.194 e. The lowest BCUT2D eigenvalue weighted by molar-refractivity contribution is 0.0923. The van der Waals surface area contributed by atoms with Crippen LogP contribution in [0.3, 0.4) is 0 Å². The van der Waals surface area contributed by atoms with Crippen LogP contribution in [0.4, 0.5) is 0 Å². The zero-order valence-corrected chi connectivity index (χ0v) is 17.2. The van der Waals surface area contributed by atoms with Gasteiger partial charge < -0.3 is 9.97 Å². The van der Waals surface area contributed by atoms with Crippen molar-refractivity contribution >= 4 is 29.4 Å². The van der Waals surface area contributed by atoms with Gasteiger partial charge in [0.2, 0.25) is 0 Å². The summed E-state index contributed by atoms with van der Waals surface area (Å²) in [6.45, 7) is 0. The number of hydrogen-bond acceptors (Lipinski definition) is 3. The second-order valence-corrected chi connectivity index (χ2v) is 8.20. The summed E-state index contributed by atoms with van der Waals surface area (Å²) in [7, 11) is 0. The second-order valence-electron chi connectivity index (χ2n) is 8.20. The number of fused-ring (bicyclic) bond motifs is 6. The molecular formula is C27H20N4O. The minimum Gasteiger partial charge on any atom is -0.359 e. The summed E-state index contributed by atoms with van der Waals surface area (Å²) in [4.78, 5) is 30.1. The van der Waals surface area contributed by atoms with Crippen LogP contribution in [0.2, 0.25) is 0 Å². The van der Waals surface area contributed by atoms with Crippen molar-refractivity contribution < 1.29 is 4.79 Å². The summed E-state index contributed by atoms with van der Waals surface area (Å²) in [6.07, 6.45) is 14.2.